The first kappa shape index (κ1) is 16.2. The largest absolute Gasteiger partial charge is 0.481 e. The van der Waals surface area contributed by atoms with Crippen LogP contribution in [0.1, 0.15) is 6.42 Å². The summed E-state index contributed by atoms with van der Waals surface area (Å²) in [4.78, 5) is 10.2. The summed E-state index contributed by atoms with van der Waals surface area (Å²) in [5.41, 5.74) is 5.47. The van der Waals surface area contributed by atoms with E-state index in [4.69, 9.17) is 38.3 Å². The molecule has 0 aliphatic heterocycles. The molecule has 1 atom stereocenters. The summed E-state index contributed by atoms with van der Waals surface area (Å²) < 4.78 is 18.0. The Morgan fingerprint density at radius 3 is 2.25 bits per heavy atom. The number of carboxylic acids is 1. The van der Waals surface area contributed by atoms with Gasteiger partial charge in [0.15, 0.2) is 0 Å². The highest BCUT2D eigenvalue weighted by Gasteiger charge is 2.26. The second kappa shape index (κ2) is 8.28. The SMILES string of the molecule is N[P@](=O)(OCCC(=O)O)N(CCCl)CCCl. The van der Waals surface area contributed by atoms with Crippen LogP contribution in [-0.2, 0) is 13.9 Å². The van der Waals surface area contributed by atoms with E-state index < -0.39 is 13.6 Å². The van der Waals surface area contributed by atoms with Crippen LogP contribution in [0, 0.1) is 0 Å². The second-order valence-corrected chi connectivity index (χ2v) is 5.58. The molecule has 0 saturated carbocycles. The molecule has 9 heteroatoms. The Bertz CT molecular complexity index is 261. The molecule has 0 aromatic carbocycles. The van der Waals surface area contributed by atoms with Gasteiger partial charge in [-0.15, -0.1) is 23.2 Å². The summed E-state index contributed by atoms with van der Waals surface area (Å²) in [5, 5.41) is 8.39. The highest BCUT2D eigenvalue weighted by molar-refractivity contribution is 7.53. The van der Waals surface area contributed by atoms with Crippen molar-refractivity contribution in [2.45, 2.75) is 6.42 Å². The summed E-state index contributed by atoms with van der Waals surface area (Å²) in [6.45, 7) is 0.342. The molecule has 0 radical (unpaired) electrons. The number of nitrogens with zero attached hydrogens (tertiary/aromatic N) is 1. The molecular formula is C7H15Cl2N2O4P. The Kier molecular flexibility index (Phi) is 8.36. The fraction of sp³-hybridized carbons (Fsp3) is 0.857. The van der Waals surface area contributed by atoms with Gasteiger partial charge in [0, 0.05) is 24.8 Å². The molecule has 0 unspecified atom stereocenters. The Morgan fingerprint density at radius 2 is 1.88 bits per heavy atom. The minimum atomic E-state index is -3.49. The fourth-order valence-electron chi connectivity index (χ4n) is 0.931. The van der Waals surface area contributed by atoms with Gasteiger partial charge in [0.25, 0.3) is 0 Å². The van der Waals surface area contributed by atoms with E-state index in [2.05, 4.69) is 0 Å². The predicted octanol–water partition coefficient (Wildman–Crippen LogP) is 1.32. The van der Waals surface area contributed by atoms with Gasteiger partial charge in [-0.1, -0.05) is 0 Å². The number of carboxylic acid groups (broad SMARTS) is 1. The van der Waals surface area contributed by atoms with Crippen molar-refractivity contribution in [2.24, 2.45) is 5.50 Å². The van der Waals surface area contributed by atoms with Gasteiger partial charge >= 0.3 is 13.6 Å². The maximum absolute atomic E-state index is 11.8. The van der Waals surface area contributed by atoms with Crippen LogP contribution < -0.4 is 5.50 Å². The molecule has 0 saturated heterocycles. The molecule has 0 fully saturated rings. The summed E-state index contributed by atoms with van der Waals surface area (Å²) in [6, 6.07) is 0. The van der Waals surface area contributed by atoms with Gasteiger partial charge < -0.3 is 9.63 Å². The Balaban J connectivity index is 4.23. The van der Waals surface area contributed by atoms with Crippen molar-refractivity contribution in [3.05, 3.63) is 0 Å². The Morgan fingerprint density at radius 1 is 1.38 bits per heavy atom. The number of carbonyl (C=O) groups is 1. The van der Waals surface area contributed by atoms with Crippen LogP contribution in [0.2, 0.25) is 0 Å². The predicted molar refractivity (Wildman–Crippen MR) is 63.0 cm³/mol. The molecule has 0 aliphatic rings. The van der Waals surface area contributed by atoms with Gasteiger partial charge in [0.05, 0.1) is 13.0 Å². The molecule has 0 heterocycles. The van der Waals surface area contributed by atoms with Gasteiger partial charge in [-0.2, -0.15) is 0 Å². The van der Waals surface area contributed by atoms with E-state index in [1.54, 1.807) is 0 Å². The van der Waals surface area contributed by atoms with Gasteiger partial charge in [0.2, 0.25) is 0 Å². The summed E-state index contributed by atoms with van der Waals surface area (Å²) >= 11 is 11.0. The zero-order valence-electron chi connectivity index (χ0n) is 8.64. The number of alkyl halides is 2. The van der Waals surface area contributed by atoms with E-state index in [0.29, 0.717) is 0 Å². The first-order valence-electron chi connectivity index (χ1n) is 4.56. The first-order valence-corrected chi connectivity index (χ1v) is 7.28. The van der Waals surface area contributed by atoms with Crippen molar-refractivity contribution in [2.75, 3.05) is 31.5 Å². The number of halogens is 2. The molecule has 0 aliphatic carbocycles. The van der Waals surface area contributed by atoms with Crippen LogP contribution in [0.3, 0.4) is 0 Å². The van der Waals surface area contributed by atoms with Crippen LogP contribution in [0.5, 0.6) is 0 Å². The maximum Gasteiger partial charge on any atom is 0.340 e. The summed E-state index contributed by atoms with van der Waals surface area (Å²) in [6.07, 6.45) is -0.253. The van der Waals surface area contributed by atoms with Crippen molar-refractivity contribution in [3.63, 3.8) is 0 Å². The fourth-order valence-corrected chi connectivity index (χ4v) is 2.85. The monoisotopic (exact) mass is 292 g/mol. The molecule has 3 N–H and O–H groups in total. The molecule has 16 heavy (non-hydrogen) atoms. The van der Waals surface area contributed by atoms with Crippen molar-refractivity contribution in [3.8, 4) is 0 Å². The van der Waals surface area contributed by atoms with E-state index in [0.717, 1.165) is 0 Å². The molecule has 0 bridgehead atoms. The van der Waals surface area contributed by atoms with Crippen molar-refractivity contribution in [1.29, 1.82) is 0 Å². The summed E-state index contributed by atoms with van der Waals surface area (Å²) in [5.74, 6) is -0.568. The number of hydrogen-bond donors (Lipinski definition) is 2. The molecule has 0 rings (SSSR count). The third-order valence-electron chi connectivity index (χ3n) is 1.67. The number of rotatable bonds is 9. The Hall–Kier alpha value is 0.160. The molecular weight excluding hydrogens is 278 g/mol. The lowest BCUT2D eigenvalue weighted by atomic mass is 10.5. The topological polar surface area (TPSA) is 92.9 Å². The third-order valence-corrected chi connectivity index (χ3v) is 3.75. The molecule has 96 valence electrons. The van der Waals surface area contributed by atoms with E-state index in [1.807, 2.05) is 0 Å². The number of nitrogens with two attached hydrogens (primary N) is 1. The molecule has 0 amide bonds. The average Bonchev–Trinajstić information content (AvgIpc) is 2.16. The minimum Gasteiger partial charge on any atom is -0.481 e. The lowest BCUT2D eigenvalue weighted by molar-refractivity contribution is -0.137. The lowest BCUT2D eigenvalue weighted by Gasteiger charge is -2.26. The smallest absolute Gasteiger partial charge is 0.340 e. The molecule has 0 aromatic heterocycles. The average molecular weight is 293 g/mol. The van der Waals surface area contributed by atoms with Crippen molar-refractivity contribution in [1.82, 2.24) is 4.67 Å². The third kappa shape index (κ3) is 6.68. The Labute approximate surface area is 104 Å². The van der Waals surface area contributed by atoms with Crippen LogP contribution in [0.15, 0.2) is 0 Å². The van der Waals surface area contributed by atoms with Crippen LogP contribution in [0.25, 0.3) is 0 Å². The second-order valence-electron chi connectivity index (χ2n) is 2.87. The zero-order chi connectivity index (χ0) is 12.6. The van der Waals surface area contributed by atoms with Crippen molar-refractivity contribution < 1.29 is 19.0 Å². The molecule has 0 spiro atoms. The lowest BCUT2D eigenvalue weighted by Crippen LogP contribution is -2.30. The summed E-state index contributed by atoms with van der Waals surface area (Å²) in [7, 11) is -3.49. The van der Waals surface area contributed by atoms with Crippen LogP contribution in [-0.4, -0.2) is 47.2 Å². The van der Waals surface area contributed by atoms with Gasteiger partial charge in [0.1, 0.15) is 0 Å². The van der Waals surface area contributed by atoms with E-state index >= 15 is 0 Å². The molecule has 6 nitrogen and oxygen atoms in total. The molecule has 0 aromatic rings. The van der Waals surface area contributed by atoms with E-state index in [-0.39, 0.29) is 37.9 Å². The van der Waals surface area contributed by atoms with E-state index in [9.17, 15) is 9.36 Å². The standard InChI is InChI=1S/C7H15Cl2N2O4P/c8-2-4-11(5-3-9)16(10,14)15-6-1-7(12)13/h1-6H2,(H2,10,14)(H,12,13)/t16-/m0/s1. The quantitative estimate of drug-likeness (QED) is 0.492. The number of hydrogen-bond acceptors (Lipinski definition) is 3. The van der Waals surface area contributed by atoms with Gasteiger partial charge in [-0.05, 0) is 0 Å². The highest BCUT2D eigenvalue weighted by Crippen LogP contribution is 2.42. The number of aliphatic carboxylic acids is 1. The van der Waals surface area contributed by atoms with Gasteiger partial charge in [-0.3, -0.25) is 9.36 Å². The van der Waals surface area contributed by atoms with E-state index in [1.165, 1.54) is 4.67 Å². The van der Waals surface area contributed by atoms with Crippen LogP contribution >= 0.6 is 30.9 Å². The van der Waals surface area contributed by atoms with Crippen molar-refractivity contribution >= 4 is 36.8 Å². The zero-order valence-corrected chi connectivity index (χ0v) is 11.0. The maximum atomic E-state index is 11.8. The highest BCUT2D eigenvalue weighted by atomic mass is 35.5. The minimum absolute atomic E-state index is 0.204. The van der Waals surface area contributed by atoms with Gasteiger partial charge in [-0.25, -0.2) is 10.2 Å². The van der Waals surface area contributed by atoms with Crippen LogP contribution in [0.4, 0.5) is 0 Å². The first-order chi connectivity index (χ1) is 7.44. The normalized spacial score (nSPS) is 15.0.